The Morgan fingerprint density at radius 1 is 1.45 bits per heavy atom. The standard InChI is InChI=1S/C14H14N2O4S2/c1-8-12(6-10(7-15-8)13(17)18)16-22(19,20)14-11(4-5-21-14)9-2-3-9/h4-7,9,16H,2-3H2,1H3,(H,17,18). The number of thiophene rings is 1. The summed E-state index contributed by atoms with van der Waals surface area (Å²) in [5.41, 5.74) is 1.41. The third-order valence-electron chi connectivity index (χ3n) is 3.50. The molecule has 2 N–H and O–H groups in total. The van der Waals surface area contributed by atoms with Crippen LogP contribution >= 0.6 is 11.3 Å². The molecule has 2 aromatic heterocycles. The lowest BCUT2D eigenvalue weighted by Crippen LogP contribution is -2.15. The molecular weight excluding hydrogens is 324 g/mol. The average Bonchev–Trinajstić information content (AvgIpc) is 3.17. The summed E-state index contributed by atoms with van der Waals surface area (Å²) in [4.78, 5) is 14.9. The molecule has 1 saturated carbocycles. The summed E-state index contributed by atoms with van der Waals surface area (Å²) in [6.45, 7) is 1.62. The minimum absolute atomic E-state index is 0.0584. The van der Waals surface area contributed by atoms with Crippen LogP contribution < -0.4 is 4.72 Å². The quantitative estimate of drug-likeness (QED) is 0.874. The van der Waals surface area contributed by atoms with E-state index in [0.717, 1.165) is 18.4 Å². The first kappa shape index (κ1) is 15.0. The molecule has 0 aromatic carbocycles. The number of nitrogens with one attached hydrogen (secondary N) is 1. The summed E-state index contributed by atoms with van der Waals surface area (Å²) in [5, 5.41) is 10.8. The molecule has 8 heteroatoms. The van der Waals surface area contributed by atoms with Crippen molar-refractivity contribution in [2.24, 2.45) is 0 Å². The van der Waals surface area contributed by atoms with Gasteiger partial charge in [-0.05, 0) is 48.8 Å². The summed E-state index contributed by atoms with van der Waals surface area (Å²) in [7, 11) is -3.74. The van der Waals surface area contributed by atoms with Crippen LogP contribution in [0.1, 0.15) is 40.4 Å². The molecule has 6 nitrogen and oxygen atoms in total. The van der Waals surface area contributed by atoms with E-state index in [1.54, 1.807) is 12.3 Å². The molecule has 0 bridgehead atoms. The van der Waals surface area contributed by atoms with Crippen molar-refractivity contribution in [1.29, 1.82) is 0 Å². The highest BCUT2D eigenvalue weighted by Crippen LogP contribution is 2.44. The topological polar surface area (TPSA) is 96.4 Å². The van der Waals surface area contributed by atoms with E-state index in [1.165, 1.54) is 23.6 Å². The Kier molecular flexibility index (Phi) is 3.65. The van der Waals surface area contributed by atoms with Crippen molar-refractivity contribution in [2.75, 3.05) is 4.72 Å². The van der Waals surface area contributed by atoms with Crippen LogP contribution in [0, 0.1) is 6.92 Å². The monoisotopic (exact) mass is 338 g/mol. The van der Waals surface area contributed by atoms with Crippen molar-refractivity contribution >= 4 is 33.0 Å². The highest BCUT2D eigenvalue weighted by Gasteiger charge is 2.31. The second-order valence-corrected chi connectivity index (χ2v) is 8.00. The molecule has 2 heterocycles. The van der Waals surface area contributed by atoms with Crippen molar-refractivity contribution in [3.63, 3.8) is 0 Å². The number of pyridine rings is 1. The van der Waals surface area contributed by atoms with Crippen LogP contribution in [-0.4, -0.2) is 24.5 Å². The van der Waals surface area contributed by atoms with E-state index in [-0.39, 0.29) is 11.3 Å². The number of aryl methyl sites for hydroxylation is 1. The van der Waals surface area contributed by atoms with Crippen molar-refractivity contribution in [2.45, 2.75) is 29.9 Å². The first-order valence-electron chi connectivity index (χ1n) is 6.68. The van der Waals surface area contributed by atoms with Crippen molar-refractivity contribution < 1.29 is 18.3 Å². The molecule has 1 aliphatic rings. The number of anilines is 1. The summed E-state index contributed by atoms with van der Waals surface area (Å²) in [6.07, 6.45) is 3.22. The summed E-state index contributed by atoms with van der Waals surface area (Å²) >= 11 is 1.17. The fraction of sp³-hybridized carbons (Fsp3) is 0.286. The highest BCUT2D eigenvalue weighted by molar-refractivity contribution is 7.94. The summed E-state index contributed by atoms with van der Waals surface area (Å²) in [5.74, 6) is -0.829. The van der Waals surface area contributed by atoms with Crippen LogP contribution in [0.5, 0.6) is 0 Å². The normalized spacial score (nSPS) is 14.8. The molecule has 0 atom stereocenters. The maximum absolute atomic E-state index is 12.6. The zero-order valence-corrected chi connectivity index (χ0v) is 13.4. The van der Waals surface area contributed by atoms with Gasteiger partial charge in [0.2, 0.25) is 0 Å². The SMILES string of the molecule is Cc1ncc(C(=O)O)cc1NS(=O)(=O)c1sccc1C1CC1. The molecule has 0 unspecified atom stereocenters. The molecule has 3 rings (SSSR count). The van der Waals surface area contributed by atoms with Crippen LogP contribution in [0.4, 0.5) is 5.69 Å². The number of carboxylic acid groups (broad SMARTS) is 1. The number of aromatic carboxylic acids is 1. The highest BCUT2D eigenvalue weighted by atomic mass is 32.2. The number of sulfonamides is 1. The van der Waals surface area contributed by atoms with Gasteiger partial charge in [-0.1, -0.05) is 0 Å². The van der Waals surface area contributed by atoms with E-state index >= 15 is 0 Å². The van der Waals surface area contributed by atoms with Gasteiger partial charge in [-0.3, -0.25) is 9.71 Å². The fourth-order valence-electron chi connectivity index (χ4n) is 2.17. The lowest BCUT2D eigenvalue weighted by molar-refractivity contribution is 0.0696. The summed E-state index contributed by atoms with van der Waals surface area (Å²) in [6, 6.07) is 3.13. The van der Waals surface area contributed by atoms with Gasteiger partial charge in [0.05, 0.1) is 16.9 Å². The number of carbonyl (C=O) groups is 1. The van der Waals surface area contributed by atoms with Crippen LogP contribution in [0.25, 0.3) is 0 Å². The smallest absolute Gasteiger partial charge is 0.337 e. The maximum atomic E-state index is 12.6. The van der Waals surface area contributed by atoms with Crippen LogP contribution in [0.15, 0.2) is 27.9 Å². The predicted molar refractivity (Wildman–Crippen MR) is 83.0 cm³/mol. The Labute approximate surface area is 131 Å². The summed E-state index contributed by atoms with van der Waals surface area (Å²) < 4.78 is 27.9. The third-order valence-corrected chi connectivity index (χ3v) is 6.38. The van der Waals surface area contributed by atoms with Crippen molar-refractivity contribution in [1.82, 2.24) is 4.98 Å². The molecule has 0 amide bonds. The van der Waals surface area contributed by atoms with Crippen molar-refractivity contribution in [3.8, 4) is 0 Å². The molecule has 1 aliphatic carbocycles. The number of hydrogen-bond donors (Lipinski definition) is 2. The lowest BCUT2D eigenvalue weighted by atomic mass is 10.2. The van der Waals surface area contributed by atoms with Gasteiger partial charge >= 0.3 is 5.97 Å². The molecule has 0 saturated heterocycles. The fourth-order valence-corrected chi connectivity index (χ4v) is 4.81. The minimum atomic E-state index is -3.74. The number of carboxylic acids is 1. The molecular formula is C14H14N2O4S2. The Morgan fingerprint density at radius 3 is 2.82 bits per heavy atom. The lowest BCUT2D eigenvalue weighted by Gasteiger charge is -2.11. The number of rotatable bonds is 5. The van der Waals surface area contributed by atoms with Gasteiger partial charge < -0.3 is 5.11 Å². The zero-order chi connectivity index (χ0) is 15.9. The van der Waals surface area contributed by atoms with E-state index in [2.05, 4.69) is 9.71 Å². The Bertz CT molecular complexity index is 838. The third kappa shape index (κ3) is 2.84. The maximum Gasteiger partial charge on any atom is 0.337 e. The number of nitrogens with zero attached hydrogens (tertiary/aromatic N) is 1. The average molecular weight is 338 g/mol. The number of hydrogen-bond acceptors (Lipinski definition) is 5. The Morgan fingerprint density at radius 2 is 2.18 bits per heavy atom. The van der Waals surface area contributed by atoms with Crippen LogP contribution in [0.3, 0.4) is 0 Å². The van der Waals surface area contributed by atoms with Crippen molar-refractivity contribution in [3.05, 3.63) is 40.5 Å². The van der Waals surface area contributed by atoms with E-state index in [4.69, 9.17) is 5.11 Å². The van der Waals surface area contributed by atoms with Crippen LogP contribution in [-0.2, 0) is 10.0 Å². The molecule has 0 radical (unpaired) electrons. The van der Waals surface area contributed by atoms with E-state index in [9.17, 15) is 13.2 Å². The molecule has 22 heavy (non-hydrogen) atoms. The van der Waals surface area contributed by atoms with Gasteiger partial charge in [-0.15, -0.1) is 11.3 Å². The molecule has 0 aliphatic heterocycles. The van der Waals surface area contributed by atoms with Crippen LogP contribution in [0.2, 0.25) is 0 Å². The van der Waals surface area contributed by atoms with Gasteiger partial charge in [0.1, 0.15) is 4.21 Å². The minimum Gasteiger partial charge on any atom is -0.478 e. The largest absolute Gasteiger partial charge is 0.478 e. The first-order valence-corrected chi connectivity index (χ1v) is 9.05. The second-order valence-electron chi connectivity index (χ2n) is 5.21. The Balaban J connectivity index is 1.96. The first-order chi connectivity index (χ1) is 10.4. The molecule has 116 valence electrons. The van der Waals surface area contributed by atoms with Gasteiger partial charge in [0, 0.05) is 6.20 Å². The number of aromatic nitrogens is 1. The Hall–Kier alpha value is -1.93. The van der Waals surface area contributed by atoms with E-state index in [0.29, 0.717) is 15.8 Å². The van der Waals surface area contributed by atoms with Gasteiger partial charge in [0.25, 0.3) is 10.0 Å². The zero-order valence-electron chi connectivity index (χ0n) is 11.7. The molecule has 2 aromatic rings. The van der Waals surface area contributed by atoms with Gasteiger partial charge in [-0.2, -0.15) is 0 Å². The van der Waals surface area contributed by atoms with E-state index < -0.39 is 16.0 Å². The van der Waals surface area contributed by atoms with Gasteiger partial charge in [-0.25, -0.2) is 13.2 Å². The molecule has 1 fully saturated rings. The second kappa shape index (κ2) is 5.36. The molecule has 0 spiro atoms. The predicted octanol–water partition coefficient (Wildman–Crippen LogP) is 2.83. The van der Waals surface area contributed by atoms with E-state index in [1.807, 2.05) is 6.07 Å². The van der Waals surface area contributed by atoms with Gasteiger partial charge in [0.15, 0.2) is 0 Å².